The molecule has 10 nitrogen and oxygen atoms in total. The van der Waals surface area contributed by atoms with Crippen molar-refractivity contribution in [1.29, 1.82) is 0 Å². The third-order valence-corrected chi connectivity index (χ3v) is 6.87. The monoisotopic (exact) mass is 519 g/mol. The molecule has 0 radical (unpaired) electrons. The number of allylic oxidation sites excluding steroid dienone is 1. The lowest BCUT2D eigenvalue weighted by Gasteiger charge is -2.28. The van der Waals surface area contributed by atoms with Gasteiger partial charge in [-0.2, -0.15) is 0 Å². The minimum atomic E-state index is -0.682. The van der Waals surface area contributed by atoms with Crippen molar-refractivity contribution in [2.75, 3.05) is 43.6 Å². The number of anilines is 3. The summed E-state index contributed by atoms with van der Waals surface area (Å²) in [7, 11) is 1.60. The topological polar surface area (TPSA) is 134 Å². The number of ether oxygens (including phenoxy) is 1. The maximum Gasteiger partial charge on any atom is 0.252 e. The molecule has 1 aliphatic carbocycles. The highest BCUT2D eigenvalue weighted by atomic mass is 16.5. The summed E-state index contributed by atoms with van der Waals surface area (Å²) in [4.78, 5) is 37.0. The van der Waals surface area contributed by atoms with Gasteiger partial charge in [-0.1, -0.05) is 31.7 Å². The van der Waals surface area contributed by atoms with Gasteiger partial charge in [0.2, 0.25) is 5.91 Å². The Labute approximate surface area is 223 Å². The summed E-state index contributed by atoms with van der Waals surface area (Å²) in [5.74, 6) is 0.671. The number of morpholine rings is 1. The van der Waals surface area contributed by atoms with Gasteiger partial charge in [-0.25, -0.2) is 4.98 Å². The van der Waals surface area contributed by atoms with Crippen molar-refractivity contribution >= 4 is 35.2 Å². The van der Waals surface area contributed by atoms with Gasteiger partial charge in [-0.05, 0) is 36.6 Å². The molecule has 0 bridgehead atoms. The second kappa shape index (κ2) is 13.6. The molecule has 2 heterocycles. The van der Waals surface area contributed by atoms with Gasteiger partial charge < -0.3 is 31.3 Å². The van der Waals surface area contributed by atoms with E-state index in [9.17, 15) is 9.59 Å². The summed E-state index contributed by atoms with van der Waals surface area (Å²) in [6.07, 6.45) is 9.55. The van der Waals surface area contributed by atoms with E-state index in [1.54, 1.807) is 25.4 Å². The van der Waals surface area contributed by atoms with Gasteiger partial charge >= 0.3 is 0 Å². The lowest BCUT2D eigenvalue weighted by Crippen LogP contribution is -2.47. The zero-order valence-corrected chi connectivity index (χ0v) is 21.9. The molecular weight excluding hydrogens is 482 g/mol. The molecule has 1 aliphatic heterocycles. The van der Waals surface area contributed by atoms with Crippen LogP contribution in [0, 0.1) is 5.92 Å². The number of nitrogens with one attached hydrogen (secondary N) is 3. The first kappa shape index (κ1) is 27.1. The molecule has 1 aromatic carbocycles. The summed E-state index contributed by atoms with van der Waals surface area (Å²) in [6, 6.07) is 10.4. The van der Waals surface area contributed by atoms with Crippen molar-refractivity contribution in [2.24, 2.45) is 16.6 Å². The van der Waals surface area contributed by atoms with Gasteiger partial charge in [-0.3, -0.25) is 14.6 Å². The summed E-state index contributed by atoms with van der Waals surface area (Å²) in [6.45, 7) is 2.98. The predicted octanol–water partition coefficient (Wildman–Crippen LogP) is 2.96. The molecule has 4 rings (SSSR count). The van der Waals surface area contributed by atoms with Gasteiger partial charge in [0.05, 0.1) is 18.9 Å². The van der Waals surface area contributed by atoms with Crippen molar-refractivity contribution in [3.63, 3.8) is 0 Å². The first-order valence-corrected chi connectivity index (χ1v) is 13.2. The first-order chi connectivity index (χ1) is 18.6. The van der Waals surface area contributed by atoms with E-state index >= 15 is 0 Å². The van der Waals surface area contributed by atoms with Crippen molar-refractivity contribution in [3.05, 3.63) is 60.1 Å². The van der Waals surface area contributed by atoms with Gasteiger partial charge in [-0.15, -0.1) is 0 Å². The average molecular weight is 520 g/mol. The van der Waals surface area contributed by atoms with Crippen LogP contribution in [0.25, 0.3) is 0 Å². The third kappa shape index (κ3) is 7.55. The van der Waals surface area contributed by atoms with E-state index in [1.807, 2.05) is 24.3 Å². The molecule has 38 heavy (non-hydrogen) atoms. The van der Waals surface area contributed by atoms with Crippen LogP contribution >= 0.6 is 0 Å². The molecule has 202 valence electrons. The molecule has 2 amide bonds. The SMILES string of the molecule is CN=C/C(=C\N)NC(=O)C(CC1CCCC1)NC(=O)c1cccc(Nc2ccnc(N3CCOCC3)c2)c1. The Balaban J connectivity index is 1.45. The smallest absolute Gasteiger partial charge is 0.252 e. The Hall–Kier alpha value is -3.92. The number of rotatable bonds is 10. The minimum Gasteiger partial charge on any atom is -0.403 e. The lowest BCUT2D eigenvalue weighted by molar-refractivity contribution is -0.122. The maximum atomic E-state index is 13.3. The van der Waals surface area contributed by atoms with Crippen LogP contribution in [0.5, 0.6) is 0 Å². The molecule has 2 aromatic rings. The maximum absolute atomic E-state index is 13.3. The number of aliphatic imine (C=N–C) groups is 1. The Morgan fingerprint density at radius 2 is 1.95 bits per heavy atom. The number of hydrogen-bond acceptors (Lipinski definition) is 8. The summed E-state index contributed by atoms with van der Waals surface area (Å²) < 4.78 is 5.44. The quantitative estimate of drug-likeness (QED) is 0.355. The summed E-state index contributed by atoms with van der Waals surface area (Å²) >= 11 is 0. The van der Waals surface area contributed by atoms with Crippen molar-refractivity contribution in [2.45, 2.75) is 38.1 Å². The van der Waals surface area contributed by atoms with E-state index in [-0.39, 0.29) is 11.8 Å². The number of aromatic nitrogens is 1. The predicted molar refractivity (Wildman–Crippen MR) is 150 cm³/mol. The highest BCUT2D eigenvalue weighted by Gasteiger charge is 2.27. The third-order valence-electron chi connectivity index (χ3n) is 6.87. The van der Waals surface area contributed by atoms with Gasteiger partial charge in [0.1, 0.15) is 11.9 Å². The van der Waals surface area contributed by atoms with Crippen LogP contribution in [0.15, 0.2) is 59.5 Å². The van der Waals surface area contributed by atoms with E-state index in [0.29, 0.717) is 36.8 Å². The largest absolute Gasteiger partial charge is 0.403 e. The van der Waals surface area contributed by atoms with Crippen molar-refractivity contribution in [1.82, 2.24) is 15.6 Å². The van der Waals surface area contributed by atoms with E-state index in [0.717, 1.165) is 56.0 Å². The molecule has 1 atom stereocenters. The molecule has 1 unspecified atom stereocenters. The number of nitrogens with zero attached hydrogens (tertiary/aromatic N) is 3. The molecule has 10 heteroatoms. The van der Waals surface area contributed by atoms with E-state index in [2.05, 4.69) is 30.8 Å². The van der Waals surface area contributed by atoms with Crippen LogP contribution in [0.3, 0.4) is 0 Å². The van der Waals surface area contributed by atoms with E-state index in [1.165, 1.54) is 12.4 Å². The fraction of sp³-hybridized carbons (Fsp3) is 0.429. The fourth-order valence-electron chi connectivity index (χ4n) is 4.90. The second-order valence-electron chi connectivity index (χ2n) is 9.62. The highest BCUT2D eigenvalue weighted by molar-refractivity contribution is 5.99. The normalized spacial score (nSPS) is 17.4. The van der Waals surface area contributed by atoms with Gasteiger partial charge in [0, 0.05) is 61.8 Å². The molecule has 1 saturated carbocycles. The fourth-order valence-corrected chi connectivity index (χ4v) is 4.90. The summed E-state index contributed by atoms with van der Waals surface area (Å²) in [5.41, 5.74) is 8.11. The molecule has 5 N–H and O–H groups in total. The van der Waals surface area contributed by atoms with Gasteiger partial charge in [0.15, 0.2) is 0 Å². The standard InChI is InChI=1S/C28H37N7O3/c1-30-19-24(18-29)33-28(37)25(15-20-5-2-3-6-20)34-27(36)21-7-4-8-22(16-21)32-23-9-10-31-26(17-23)35-11-13-38-14-12-35/h4,7-10,16-20,25H,2-3,5-6,11-15,29H2,1H3,(H,31,32)(H,33,37)(H,34,36)/b24-18+,30-19?. The number of carbonyl (C=O) groups is 2. The number of pyridine rings is 1. The van der Waals surface area contributed by atoms with Crippen LogP contribution in [0.1, 0.15) is 42.5 Å². The number of benzene rings is 1. The first-order valence-electron chi connectivity index (χ1n) is 13.2. The number of amides is 2. The Morgan fingerprint density at radius 3 is 2.68 bits per heavy atom. The lowest BCUT2D eigenvalue weighted by atomic mass is 9.97. The van der Waals surface area contributed by atoms with Crippen LogP contribution in [-0.4, -0.2) is 62.4 Å². The zero-order chi connectivity index (χ0) is 26.7. The molecule has 2 fully saturated rings. The van der Waals surface area contributed by atoms with E-state index in [4.69, 9.17) is 10.5 Å². The Morgan fingerprint density at radius 1 is 1.18 bits per heavy atom. The Bertz CT molecular complexity index is 1150. The number of carbonyl (C=O) groups excluding carboxylic acids is 2. The number of nitrogens with two attached hydrogens (primary N) is 1. The second-order valence-corrected chi connectivity index (χ2v) is 9.62. The summed E-state index contributed by atoms with van der Waals surface area (Å²) in [5, 5.41) is 9.10. The van der Waals surface area contributed by atoms with Crippen LogP contribution in [0.2, 0.25) is 0 Å². The van der Waals surface area contributed by atoms with Crippen LogP contribution < -0.4 is 26.6 Å². The number of hydrogen-bond donors (Lipinski definition) is 4. The zero-order valence-electron chi connectivity index (χ0n) is 21.9. The minimum absolute atomic E-state index is 0.302. The van der Waals surface area contributed by atoms with E-state index < -0.39 is 6.04 Å². The molecule has 2 aliphatic rings. The van der Waals surface area contributed by atoms with Crippen molar-refractivity contribution < 1.29 is 14.3 Å². The van der Waals surface area contributed by atoms with Crippen molar-refractivity contribution in [3.8, 4) is 0 Å². The molecule has 1 saturated heterocycles. The molecule has 0 spiro atoms. The highest BCUT2D eigenvalue weighted by Crippen LogP contribution is 2.29. The molecule has 1 aromatic heterocycles. The average Bonchev–Trinajstić information content (AvgIpc) is 3.46. The van der Waals surface area contributed by atoms with Crippen LogP contribution in [0.4, 0.5) is 17.2 Å². The molecular formula is C28H37N7O3. The van der Waals surface area contributed by atoms with Crippen LogP contribution in [-0.2, 0) is 9.53 Å². The van der Waals surface area contributed by atoms with Gasteiger partial charge in [0.25, 0.3) is 5.91 Å². The Kier molecular flexibility index (Phi) is 9.69.